The highest BCUT2D eigenvalue weighted by Gasteiger charge is 2.57. The molecule has 1 aliphatic carbocycles. The molecule has 0 radical (unpaired) electrons. The van der Waals surface area contributed by atoms with Gasteiger partial charge in [0.15, 0.2) is 5.78 Å². The maximum atomic E-state index is 12.2. The number of rotatable bonds is 5. The van der Waals surface area contributed by atoms with E-state index >= 15 is 0 Å². The van der Waals surface area contributed by atoms with Crippen molar-refractivity contribution in [2.75, 3.05) is 13.1 Å². The van der Waals surface area contributed by atoms with E-state index in [-0.39, 0.29) is 42.3 Å². The summed E-state index contributed by atoms with van der Waals surface area (Å²) in [5.41, 5.74) is 0.627. The molecule has 2 aliphatic rings. The average molecular weight is 301 g/mol. The van der Waals surface area contributed by atoms with Crippen LogP contribution in [0.3, 0.4) is 0 Å². The molecule has 1 saturated carbocycles. The highest BCUT2D eigenvalue weighted by Crippen LogP contribution is 2.51. The molecule has 1 aromatic carbocycles. The van der Waals surface area contributed by atoms with Crippen LogP contribution in [0.4, 0.5) is 0 Å². The maximum Gasteiger partial charge on any atom is 0.307 e. The number of carboxylic acid groups (broad SMARTS) is 1. The summed E-state index contributed by atoms with van der Waals surface area (Å²) in [6, 6.07) is 8.96. The van der Waals surface area contributed by atoms with Gasteiger partial charge in [-0.2, -0.15) is 0 Å². The molecule has 1 aliphatic heterocycles. The number of likely N-dealkylation sites (tertiary alicyclic amines) is 1. The zero-order valence-corrected chi connectivity index (χ0v) is 12.3. The summed E-state index contributed by atoms with van der Waals surface area (Å²) in [5, 5.41) is 9.06. The fraction of sp³-hybridized carbons (Fsp3) is 0.471. The number of nitrogens with zero attached hydrogens (tertiary/aromatic N) is 1. The SMILES string of the molecule is O=C(CCC(=O)N1CC[C@@H]2[C@H](C1)[C@@H]2C(=O)O)c1ccccc1. The summed E-state index contributed by atoms with van der Waals surface area (Å²) < 4.78 is 0. The lowest BCUT2D eigenvalue weighted by molar-refractivity contribution is -0.139. The highest BCUT2D eigenvalue weighted by molar-refractivity contribution is 5.97. The topological polar surface area (TPSA) is 74.7 Å². The van der Waals surface area contributed by atoms with Crippen LogP contribution in [0.25, 0.3) is 0 Å². The Kier molecular flexibility index (Phi) is 3.96. The van der Waals surface area contributed by atoms with Crippen LogP contribution in [0.2, 0.25) is 0 Å². The Bertz CT molecular complexity index is 598. The molecule has 1 heterocycles. The predicted octanol–water partition coefficient (Wildman–Crippen LogP) is 1.83. The fourth-order valence-electron chi connectivity index (χ4n) is 3.48. The molecule has 22 heavy (non-hydrogen) atoms. The minimum absolute atomic E-state index is 0.0290. The van der Waals surface area contributed by atoms with Crippen LogP contribution in [0, 0.1) is 17.8 Å². The van der Waals surface area contributed by atoms with Gasteiger partial charge in [0, 0.05) is 31.5 Å². The molecule has 5 heteroatoms. The number of aliphatic carboxylic acids is 1. The molecule has 2 fully saturated rings. The van der Waals surface area contributed by atoms with Gasteiger partial charge in [0.1, 0.15) is 0 Å². The third-order valence-corrected chi connectivity index (χ3v) is 4.79. The van der Waals surface area contributed by atoms with Crippen LogP contribution >= 0.6 is 0 Å². The third kappa shape index (κ3) is 2.89. The standard InChI is InChI=1S/C17H19NO4/c19-14(11-4-2-1-3-5-11)6-7-15(20)18-9-8-12-13(10-18)16(12)17(21)22/h1-5,12-13,16H,6-10H2,(H,21,22)/t12-,13+,16-/m1/s1. The van der Waals surface area contributed by atoms with Gasteiger partial charge in [-0.15, -0.1) is 0 Å². The van der Waals surface area contributed by atoms with Crippen molar-refractivity contribution in [3.05, 3.63) is 35.9 Å². The number of hydrogen-bond donors (Lipinski definition) is 1. The van der Waals surface area contributed by atoms with Crippen LogP contribution < -0.4 is 0 Å². The molecule has 116 valence electrons. The van der Waals surface area contributed by atoms with Crippen molar-refractivity contribution in [2.45, 2.75) is 19.3 Å². The molecule has 0 spiro atoms. The van der Waals surface area contributed by atoms with Gasteiger partial charge in [0.2, 0.25) is 5.91 Å². The minimum Gasteiger partial charge on any atom is -0.481 e. The monoisotopic (exact) mass is 301 g/mol. The second-order valence-corrected chi connectivity index (χ2v) is 6.11. The Morgan fingerprint density at radius 3 is 2.50 bits per heavy atom. The van der Waals surface area contributed by atoms with E-state index in [1.54, 1.807) is 29.2 Å². The Morgan fingerprint density at radius 2 is 1.82 bits per heavy atom. The first-order valence-electron chi connectivity index (χ1n) is 7.67. The second kappa shape index (κ2) is 5.91. The molecule has 3 rings (SSSR count). The number of hydrogen-bond acceptors (Lipinski definition) is 3. The normalized spacial score (nSPS) is 26.2. The smallest absolute Gasteiger partial charge is 0.307 e. The van der Waals surface area contributed by atoms with Gasteiger partial charge in [-0.1, -0.05) is 30.3 Å². The second-order valence-electron chi connectivity index (χ2n) is 6.11. The van der Waals surface area contributed by atoms with Gasteiger partial charge in [-0.25, -0.2) is 0 Å². The minimum atomic E-state index is -0.747. The van der Waals surface area contributed by atoms with Crippen LogP contribution in [-0.4, -0.2) is 40.8 Å². The van der Waals surface area contributed by atoms with E-state index in [1.807, 2.05) is 6.07 Å². The zero-order valence-electron chi connectivity index (χ0n) is 12.3. The van der Waals surface area contributed by atoms with Crippen molar-refractivity contribution < 1.29 is 19.5 Å². The van der Waals surface area contributed by atoms with E-state index in [2.05, 4.69) is 0 Å². The molecule has 0 aromatic heterocycles. The summed E-state index contributed by atoms with van der Waals surface area (Å²) in [7, 11) is 0. The number of carbonyl (C=O) groups is 3. The van der Waals surface area contributed by atoms with E-state index in [4.69, 9.17) is 5.11 Å². The third-order valence-electron chi connectivity index (χ3n) is 4.79. The predicted molar refractivity (Wildman–Crippen MR) is 79.3 cm³/mol. The van der Waals surface area contributed by atoms with Crippen molar-refractivity contribution >= 4 is 17.7 Å². The lowest BCUT2D eigenvalue weighted by Crippen LogP contribution is -2.37. The average Bonchev–Trinajstić information content (AvgIpc) is 3.26. The number of amides is 1. The fourth-order valence-corrected chi connectivity index (χ4v) is 3.48. The summed E-state index contributed by atoms with van der Waals surface area (Å²) >= 11 is 0. The Hall–Kier alpha value is -2.17. The van der Waals surface area contributed by atoms with E-state index in [1.165, 1.54) is 0 Å². The van der Waals surface area contributed by atoms with Gasteiger partial charge >= 0.3 is 5.97 Å². The molecule has 1 N–H and O–H groups in total. The number of carboxylic acids is 1. The summed E-state index contributed by atoms with van der Waals surface area (Å²) in [4.78, 5) is 37.0. The highest BCUT2D eigenvalue weighted by atomic mass is 16.4. The summed E-state index contributed by atoms with van der Waals surface area (Å²) in [6.45, 7) is 1.14. The molecule has 3 atom stereocenters. The Labute approximate surface area is 128 Å². The molecule has 0 unspecified atom stereocenters. The molecule has 0 bridgehead atoms. The molecular weight excluding hydrogens is 282 g/mol. The van der Waals surface area contributed by atoms with Crippen LogP contribution in [0.15, 0.2) is 30.3 Å². The summed E-state index contributed by atoms with van der Waals surface area (Å²) in [5.74, 6) is -0.739. The van der Waals surface area contributed by atoms with Crippen molar-refractivity contribution in [1.29, 1.82) is 0 Å². The molecule has 5 nitrogen and oxygen atoms in total. The quantitative estimate of drug-likeness (QED) is 0.842. The number of benzene rings is 1. The molecule has 1 amide bonds. The van der Waals surface area contributed by atoms with Crippen LogP contribution in [0.5, 0.6) is 0 Å². The Morgan fingerprint density at radius 1 is 1.09 bits per heavy atom. The first-order chi connectivity index (χ1) is 10.6. The number of Topliss-reactive ketones (excluding diaryl/α,β-unsaturated/α-hetero) is 1. The number of fused-ring (bicyclic) bond motifs is 1. The van der Waals surface area contributed by atoms with Crippen LogP contribution in [0.1, 0.15) is 29.6 Å². The summed E-state index contributed by atoms with van der Waals surface area (Å²) in [6.07, 6.45) is 1.17. The molecular formula is C17H19NO4. The lowest BCUT2D eigenvalue weighted by Gasteiger charge is -2.26. The first-order valence-corrected chi connectivity index (χ1v) is 7.67. The zero-order chi connectivity index (χ0) is 15.7. The molecule has 1 saturated heterocycles. The van der Waals surface area contributed by atoms with E-state index in [0.29, 0.717) is 18.7 Å². The Balaban J connectivity index is 1.49. The maximum absolute atomic E-state index is 12.2. The van der Waals surface area contributed by atoms with Gasteiger partial charge < -0.3 is 10.0 Å². The largest absolute Gasteiger partial charge is 0.481 e. The van der Waals surface area contributed by atoms with Crippen molar-refractivity contribution in [3.63, 3.8) is 0 Å². The van der Waals surface area contributed by atoms with E-state index in [0.717, 1.165) is 6.42 Å². The van der Waals surface area contributed by atoms with E-state index in [9.17, 15) is 14.4 Å². The van der Waals surface area contributed by atoms with Gasteiger partial charge in [-0.05, 0) is 18.3 Å². The van der Waals surface area contributed by atoms with Crippen molar-refractivity contribution in [3.8, 4) is 0 Å². The van der Waals surface area contributed by atoms with Gasteiger partial charge in [0.05, 0.1) is 5.92 Å². The van der Waals surface area contributed by atoms with Gasteiger partial charge in [0.25, 0.3) is 0 Å². The number of piperidine rings is 1. The lowest BCUT2D eigenvalue weighted by atomic mass is 10.1. The molecule has 1 aromatic rings. The number of ketones is 1. The van der Waals surface area contributed by atoms with E-state index < -0.39 is 5.97 Å². The number of carbonyl (C=O) groups excluding carboxylic acids is 2. The van der Waals surface area contributed by atoms with Gasteiger partial charge in [-0.3, -0.25) is 14.4 Å². The van der Waals surface area contributed by atoms with Crippen molar-refractivity contribution in [1.82, 2.24) is 4.90 Å². The first kappa shape index (κ1) is 14.8. The van der Waals surface area contributed by atoms with Crippen LogP contribution in [-0.2, 0) is 9.59 Å². The van der Waals surface area contributed by atoms with Crippen molar-refractivity contribution in [2.24, 2.45) is 17.8 Å².